The van der Waals surface area contributed by atoms with Gasteiger partial charge in [-0.15, -0.1) is 0 Å². The molecule has 3 nitrogen and oxygen atoms in total. The van der Waals surface area contributed by atoms with Gasteiger partial charge in [0.1, 0.15) is 0 Å². The fraction of sp³-hybridized carbons (Fsp3) is 0.389. The highest BCUT2D eigenvalue weighted by Gasteiger charge is 2.22. The van der Waals surface area contributed by atoms with Gasteiger partial charge in [-0.3, -0.25) is 0 Å². The van der Waals surface area contributed by atoms with Crippen LogP contribution in [0.15, 0.2) is 83.6 Å². The largest absolute Gasteiger partial charge is 0.393 e. The van der Waals surface area contributed by atoms with Crippen LogP contribution in [0.25, 0.3) is 5.70 Å². The lowest BCUT2D eigenvalue weighted by molar-refractivity contribution is 0.195. The zero-order valence-corrected chi connectivity index (χ0v) is 24.2. The number of aliphatic hydroxyl groups excluding tert-OH is 1. The Hall–Kier alpha value is -3.30. The van der Waals surface area contributed by atoms with Crippen molar-refractivity contribution in [2.24, 2.45) is 0 Å². The molecule has 2 aliphatic carbocycles. The van der Waals surface area contributed by atoms with E-state index in [9.17, 15) is 5.11 Å². The Morgan fingerprint density at radius 2 is 1.51 bits per heavy atom. The van der Waals surface area contributed by atoms with Crippen molar-refractivity contribution in [3.05, 3.63) is 111 Å². The third-order valence-corrected chi connectivity index (χ3v) is 8.38. The zero-order chi connectivity index (χ0) is 27.4. The van der Waals surface area contributed by atoms with E-state index in [1.165, 1.54) is 83.4 Å². The van der Waals surface area contributed by atoms with E-state index in [0.717, 1.165) is 18.5 Å². The maximum Gasteiger partial charge on any atom is 0.0552 e. The van der Waals surface area contributed by atoms with Crippen molar-refractivity contribution >= 4 is 17.1 Å². The summed E-state index contributed by atoms with van der Waals surface area (Å²) in [4.78, 5) is 2.43. The second kappa shape index (κ2) is 12.3. The molecule has 3 heteroatoms. The summed E-state index contributed by atoms with van der Waals surface area (Å²) in [6.07, 6.45) is 9.70. The van der Waals surface area contributed by atoms with Crippen LogP contribution in [0.5, 0.6) is 0 Å². The Bertz CT molecular complexity index is 1330. The van der Waals surface area contributed by atoms with E-state index in [2.05, 4.69) is 97.8 Å². The topological polar surface area (TPSA) is 35.5 Å². The van der Waals surface area contributed by atoms with Gasteiger partial charge in [0.05, 0.1) is 6.10 Å². The molecule has 0 aliphatic heterocycles. The quantitative estimate of drug-likeness (QED) is 0.281. The molecule has 2 fully saturated rings. The van der Waals surface area contributed by atoms with Gasteiger partial charge in [0.2, 0.25) is 0 Å². The minimum atomic E-state index is -0.307. The monoisotopic (exact) mass is 520 g/mol. The maximum absolute atomic E-state index is 9.70. The average molecular weight is 521 g/mol. The predicted octanol–water partition coefficient (Wildman–Crippen LogP) is 8.60. The summed E-state index contributed by atoms with van der Waals surface area (Å²) in [6.45, 7) is 6.28. The number of anilines is 2. The number of aryl methyl sites for hydroxylation is 2. The molecule has 0 radical (unpaired) electrons. The first-order chi connectivity index (χ1) is 18.9. The molecule has 204 valence electrons. The number of aliphatic hydroxyl groups is 1. The summed E-state index contributed by atoms with van der Waals surface area (Å²) in [7, 11) is 2.24. The van der Waals surface area contributed by atoms with Crippen LogP contribution in [0.3, 0.4) is 0 Å². The number of hydrogen-bond acceptors (Lipinski definition) is 3. The molecule has 5 rings (SSSR count). The second-order valence-corrected chi connectivity index (χ2v) is 11.5. The van der Waals surface area contributed by atoms with Gasteiger partial charge >= 0.3 is 0 Å². The van der Waals surface area contributed by atoms with Crippen LogP contribution in [0.1, 0.15) is 80.2 Å². The lowest BCUT2D eigenvalue weighted by Crippen LogP contribution is -2.21. The van der Waals surface area contributed by atoms with Crippen molar-refractivity contribution in [2.45, 2.75) is 84.7 Å². The number of allylic oxidation sites excluding steroid dienone is 3. The molecule has 2 aliphatic rings. The van der Waals surface area contributed by atoms with Crippen LogP contribution in [-0.4, -0.2) is 18.3 Å². The van der Waals surface area contributed by atoms with Gasteiger partial charge in [0.15, 0.2) is 0 Å². The Labute approximate surface area is 235 Å². The molecule has 1 unspecified atom stereocenters. The lowest BCUT2D eigenvalue weighted by atomic mass is 9.87. The summed E-state index contributed by atoms with van der Waals surface area (Å²) < 4.78 is 0. The third-order valence-electron chi connectivity index (χ3n) is 8.38. The number of rotatable bonds is 10. The van der Waals surface area contributed by atoms with E-state index in [1.54, 1.807) is 11.1 Å². The normalized spacial score (nSPS) is 15.3. The smallest absolute Gasteiger partial charge is 0.0552 e. The molecule has 2 saturated carbocycles. The Morgan fingerprint density at radius 3 is 2.08 bits per heavy atom. The molecule has 0 aromatic heterocycles. The summed E-state index contributed by atoms with van der Waals surface area (Å²) in [5.41, 5.74) is 14.8. The van der Waals surface area contributed by atoms with Gasteiger partial charge < -0.3 is 15.3 Å². The number of hydrogen-bond donors (Lipinski definition) is 2. The number of nitrogens with one attached hydrogen (secondary N) is 1. The van der Waals surface area contributed by atoms with Crippen LogP contribution in [-0.2, 0) is 19.3 Å². The van der Waals surface area contributed by atoms with E-state index in [1.807, 2.05) is 6.92 Å². The molecule has 1 atom stereocenters. The molecule has 0 amide bonds. The minimum Gasteiger partial charge on any atom is -0.393 e. The summed E-state index contributed by atoms with van der Waals surface area (Å²) in [6, 6.07) is 24.7. The average Bonchev–Trinajstić information content (AvgIpc) is 2.86. The highest BCUT2D eigenvalue weighted by atomic mass is 16.3. The molecule has 0 heterocycles. The van der Waals surface area contributed by atoms with Crippen LogP contribution < -0.4 is 10.2 Å². The molecule has 3 aromatic carbocycles. The van der Waals surface area contributed by atoms with E-state index >= 15 is 0 Å². The molecule has 0 spiro atoms. The Morgan fingerprint density at radius 1 is 0.872 bits per heavy atom. The van der Waals surface area contributed by atoms with Crippen LogP contribution >= 0.6 is 0 Å². The molecule has 39 heavy (non-hydrogen) atoms. The fourth-order valence-corrected chi connectivity index (χ4v) is 5.81. The second-order valence-electron chi connectivity index (χ2n) is 11.5. The van der Waals surface area contributed by atoms with Crippen molar-refractivity contribution in [3.63, 3.8) is 0 Å². The van der Waals surface area contributed by atoms with Gasteiger partial charge in [-0.25, -0.2) is 0 Å². The summed E-state index contributed by atoms with van der Waals surface area (Å²) in [5, 5.41) is 13.5. The zero-order valence-electron chi connectivity index (χ0n) is 24.2. The van der Waals surface area contributed by atoms with Crippen molar-refractivity contribution in [1.82, 2.24) is 0 Å². The lowest BCUT2D eigenvalue weighted by Gasteiger charge is -2.32. The fourth-order valence-electron chi connectivity index (χ4n) is 5.81. The molecule has 3 aromatic rings. The SMILES string of the molecule is CCc1cc(C)ccc1N(C)C(=C1CCC1)c1ccc(NC(Cc2ccc(CC(C)O)cc2)=C2CCC2)cc1. The summed E-state index contributed by atoms with van der Waals surface area (Å²) in [5.74, 6) is 0. The first-order valence-corrected chi connectivity index (χ1v) is 14.8. The Balaban J connectivity index is 1.35. The standard InChI is InChI=1S/C36H44N2O/c1-5-29-22-25(2)12-21-35(29)38(4)36(31-10-7-11-31)32-17-19-33(20-18-32)37-34(30-8-6-9-30)24-28-15-13-27(14-16-28)23-26(3)39/h12-22,26,37,39H,5-11,23-24H2,1-4H3. The Kier molecular flexibility index (Phi) is 8.57. The van der Waals surface area contributed by atoms with Gasteiger partial charge in [-0.05, 0) is 111 Å². The third kappa shape index (κ3) is 6.47. The van der Waals surface area contributed by atoms with Crippen molar-refractivity contribution in [3.8, 4) is 0 Å². The van der Waals surface area contributed by atoms with E-state index in [4.69, 9.17) is 0 Å². The molecule has 0 saturated heterocycles. The maximum atomic E-state index is 9.70. The van der Waals surface area contributed by atoms with Crippen LogP contribution in [0, 0.1) is 6.92 Å². The van der Waals surface area contributed by atoms with Gasteiger partial charge in [-0.2, -0.15) is 0 Å². The summed E-state index contributed by atoms with van der Waals surface area (Å²) >= 11 is 0. The molecular formula is C36H44N2O. The predicted molar refractivity (Wildman–Crippen MR) is 166 cm³/mol. The van der Waals surface area contributed by atoms with Gasteiger partial charge in [0.25, 0.3) is 0 Å². The first kappa shape index (κ1) is 27.3. The van der Waals surface area contributed by atoms with Crippen molar-refractivity contribution in [1.29, 1.82) is 0 Å². The molecule has 2 N–H and O–H groups in total. The van der Waals surface area contributed by atoms with Crippen LogP contribution in [0.2, 0.25) is 0 Å². The van der Waals surface area contributed by atoms with E-state index < -0.39 is 0 Å². The number of benzene rings is 3. The van der Waals surface area contributed by atoms with Gasteiger partial charge in [-0.1, -0.05) is 66.6 Å². The van der Waals surface area contributed by atoms with E-state index in [0.29, 0.717) is 6.42 Å². The van der Waals surface area contributed by atoms with Gasteiger partial charge in [0, 0.05) is 36.2 Å². The minimum absolute atomic E-state index is 0.307. The van der Waals surface area contributed by atoms with Crippen molar-refractivity contribution in [2.75, 3.05) is 17.3 Å². The van der Waals surface area contributed by atoms with Crippen molar-refractivity contribution < 1.29 is 5.11 Å². The highest BCUT2D eigenvalue weighted by Crippen LogP contribution is 2.39. The molecular weight excluding hydrogens is 476 g/mol. The molecule has 0 bridgehead atoms. The van der Waals surface area contributed by atoms with E-state index in [-0.39, 0.29) is 6.10 Å². The first-order valence-electron chi connectivity index (χ1n) is 14.8. The number of nitrogens with zero attached hydrogens (tertiary/aromatic N) is 1. The highest BCUT2D eigenvalue weighted by molar-refractivity contribution is 5.83. The van der Waals surface area contributed by atoms with Crippen LogP contribution in [0.4, 0.5) is 11.4 Å².